The molecule has 2 heterocycles. The van der Waals surface area contributed by atoms with E-state index in [9.17, 15) is 15.3 Å². The van der Waals surface area contributed by atoms with E-state index in [0.717, 1.165) is 53.9 Å². The summed E-state index contributed by atoms with van der Waals surface area (Å²) in [5, 5.41) is 21.5. The van der Waals surface area contributed by atoms with Crippen molar-refractivity contribution in [3.05, 3.63) is 73.5 Å². The lowest BCUT2D eigenvalue weighted by Gasteiger charge is -2.39. The Bertz CT molecular complexity index is 1270. The molecular weight excluding hydrogens is 440 g/mol. The van der Waals surface area contributed by atoms with Crippen molar-refractivity contribution in [3.63, 3.8) is 0 Å². The third kappa shape index (κ3) is 3.14. The lowest BCUT2D eigenvalue weighted by molar-refractivity contribution is -0.116. The highest BCUT2D eigenvalue weighted by Gasteiger charge is 2.41. The molecule has 1 atom stereocenters. The molecule has 2 N–H and O–H groups in total. The number of nitrogens with two attached hydrogens (primary N) is 1. The molecule has 3 aliphatic rings. The van der Waals surface area contributed by atoms with Crippen LogP contribution in [0.4, 0.5) is 5.00 Å². The smallest absolute Gasteiger partial charge is 0.161 e. The Balaban J connectivity index is 1.76. The van der Waals surface area contributed by atoms with E-state index in [1.165, 1.54) is 4.88 Å². The normalized spacial score (nSPS) is 20.5. The first-order valence-electron chi connectivity index (χ1n) is 10.8. The van der Waals surface area contributed by atoms with Crippen LogP contribution >= 0.6 is 22.9 Å². The molecule has 1 unspecified atom stereocenters. The first kappa shape index (κ1) is 20.8. The highest BCUT2D eigenvalue weighted by Crippen LogP contribution is 2.50. The summed E-state index contributed by atoms with van der Waals surface area (Å²) in [7, 11) is 0. The number of carbonyl (C=O) groups excluding carboxylic acids is 1. The van der Waals surface area contributed by atoms with Crippen LogP contribution in [0.5, 0.6) is 0 Å². The average Bonchev–Trinajstić information content (AvgIpc) is 3.17. The van der Waals surface area contributed by atoms with Crippen molar-refractivity contribution in [2.45, 2.75) is 50.9 Å². The van der Waals surface area contributed by atoms with Crippen LogP contribution < -0.4 is 10.6 Å². The molecule has 0 bridgehead atoms. The molecule has 160 valence electrons. The topological polar surface area (TPSA) is 93.9 Å². The number of hydrogen-bond donors (Lipinski definition) is 1. The number of thiophene rings is 1. The molecule has 5 rings (SSSR count). The number of hydrogen-bond acceptors (Lipinski definition) is 6. The molecule has 1 aromatic carbocycles. The summed E-state index contributed by atoms with van der Waals surface area (Å²) in [6.45, 7) is 0. The number of fused-ring (bicyclic) bond motifs is 1. The van der Waals surface area contributed by atoms with Gasteiger partial charge in [-0.1, -0.05) is 23.7 Å². The van der Waals surface area contributed by atoms with Crippen LogP contribution in [0.25, 0.3) is 0 Å². The molecule has 0 fully saturated rings. The Kier molecular flexibility index (Phi) is 5.29. The number of nitrogens with zero attached hydrogens (tertiary/aromatic N) is 3. The second kappa shape index (κ2) is 8.13. The quantitative estimate of drug-likeness (QED) is 0.642. The number of Topliss-reactive ketones (excluding diaryl/α,β-unsaturated/α-hetero) is 1. The third-order valence-electron chi connectivity index (χ3n) is 6.58. The minimum absolute atomic E-state index is 0.0382. The Morgan fingerprint density at radius 3 is 2.50 bits per heavy atom. The highest BCUT2D eigenvalue weighted by molar-refractivity contribution is 7.16. The maximum atomic E-state index is 13.2. The Labute approximate surface area is 196 Å². The maximum Gasteiger partial charge on any atom is 0.161 e. The van der Waals surface area contributed by atoms with Gasteiger partial charge in [-0.05, 0) is 61.8 Å². The maximum absolute atomic E-state index is 13.2. The number of aryl methyl sites for hydroxylation is 1. The van der Waals surface area contributed by atoms with Gasteiger partial charge in [0.25, 0.3) is 0 Å². The van der Waals surface area contributed by atoms with Gasteiger partial charge in [-0.15, -0.1) is 11.3 Å². The van der Waals surface area contributed by atoms with Crippen LogP contribution in [0, 0.1) is 22.7 Å². The van der Waals surface area contributed by atoms with E-state index >= 15 is 0 Å². The first-order valence-corrected chi connectivity index (χ1v) is 12.0. The standard InChI is InChI=1S/C25H21ClN4OS/c26-15-10-8-14(9-11-15)22-18(13-28)24(29)30(19-5-3-6-20(31)23(19)22)25-17(12-27)16-4-1-2-7-21(16)32-25/h8-11,22H,1-7,29H2. The second-order valence-electron chi connectivity index (χ2n) is 8.37. The molecule has 0 spiro atoms. The summed E-state index contributed by atoms with van der Waals surface area (Å²) in [6, 6.07) is 11.9. The summed E-state index contributed by atoms with van der Waals surface area (Å²) < 4.78 is 0. The molecule has 5 nitrogen and oxygen atoms in total. The molecule has 2 aliphatic carbocycles. The van der Waals surface area contributed by atoms with E-state index in [-0.39, 0.29) is 5.78 Å². The predicted octanol–water partition coefficient (Wildman–Crippen LogP) is 5.46. The fraction of sp³-hybridized carbons (Fsp3) is 0.320. The number of halogens is 1. The van der Waals surface area contributed by atoms with Crippen molar-refractivity contribution >= 4 is 33.7 Å². The molecule has 7 heteroatoms. The third-order valence-corrected chi connectivity index (χ3v) is 8.11. The number of rotatable bonds is 2. The molecule has 1 aliphatic heterocycles. The largest absolute Gasteiger partial charge is 0.384 e. The lowest BCUT2D eigenvalue weighted by atomic mass is 9.75. The van der Waals surface area contributed by atoms with Gasteiger partial charge in [0, 0.05) is 27.6 Å². The number of anilines is 1. The monoisotopic (exact) mass is 460 g/mol. The van der Waals surface area contributed by atoms with Crippen LogP contribution in [-0.2, 0) is 17.6 Å². The zero-order valence-corrected chi connectivity index (χ0v) is 19.0. The van der Waals surface area contributed by atoms with Crippen LogP contribution in [-0.4, -0.2) is 5.78 Å². The average molecular weight is 461 g/mol. The van der Waals surface area contributed by atoms with Crippen LogP contribution in [0.3, 0.4) is 0 Å². The lowest BCUT2D eigenvalue weighted by Crippen LogP contribution is -2.38. The van der Waals surface area contributed by atoms with Gasteiger partial charge >= 0.3 is 0 Å². The molecule has 0 saturated carbocycles. The van der Waals surface area contributed by atoms with E-state index in [1.54, 1.807) is 23.5 Å². The van der Waals surface area contributed by atoms with Gasteiger partial charge in [0.2, 0.25) is 0 Å². The molecule has 0 saturated heterocycles. The molecule has 0 amide bonds. The van der Waals surface area contributed by atoms with Crippen LogP contribution in [0.1, 0.15) is 59.6 Å². The van der Waals surface area contributed by atoms with E-state index in [2.05, 4.69) is 12.1 Å². The Morgan fingerprint density at radius 2 is 1.78 bits per heavy atom. The number of ketones is 1. The van der Waals surface area contributed by atoms with E-state index < -0.39 is 5.92 Å². The van der Waals surface area contributed by atoms with Crippen molar-refractivity contribution < 1.29 is 4.79 Å². The van der Waals surface area contributed by atoms with Gasteiger partial charge in [-0.2, -0.15) is 10.5 Å². The van der Waals surface area contributed by atoms with Crippen LogP contribution in [0.2, 0.25) is 5.02 Å². The number of benzene rings is 1. The van der Waals surface area contributed by atoms with Crippen molar-refractivity contribution in [1.82, 2.24) is 0 Å². The minimum Gasteiger partial charge on any atom is -0.384 e. The summed E-state index contributed by atoms with van der Waals surface area (Å²) in [5.41, 5.74) is 11.0. The van der Waals surface area contributed by atoms with Crippen molar-refractivity contribution in [2.75, 3.05) is 4.90 Å². The van der Waals surface area contributed by atoms with Crippen molar-refractivity contribution in [3.8, 4) is 12.1 Å². The van der Waals surface area contributed by atoms with Gasteiger partial charge in [0.1, 0.15) is 16.9 Å². The van der Waals surface area contributed by atoms with Crippen molar-refractivity contribution in [1.29, 1.82) is 10.5 Å². The molecule has 0 radical (unpaired) electrons. The Morgan fingerprint density at radius 1 is 1.03 bits per heavy atom. The zero-order valence-electron chi connectivity index (χ0n) is 17.4. The Hall–Kier alpha value is -3.06. The van der Waals surface area contributed by atoms with Crippen LogP contribution in [0.15, 0.2) is 46.9 Å². The number of nitriles is 2. The number of carbonyl (C=O) groups is 1. The van der Waals surface area contributed by atoms with Gasteiger partial charge in [0.05, 0.1) is 23.1 Å². The fourth-order valence-corrected chi connectivity index (χ4v) is 6.64. The first-order chi connectivity index (χ1) is 15.5. The number of allylic oxidation sites excluding steroid dienone is 3. The van der Waals surface area contributed by atoms with Gasteiger partial charge < -0.3 is 5.73 Å². The van der Waals surface area contributed by atoms with E-state index in [1.807, 2.05) is 17.0 Å². The van der Waals surface area contributed by atoms with Gasteiger partial charge in [-0.3, -0.25) is 9.69 Å². The van der Waals surface area contributed by atoms with Gasteiger partial charge in [0.15, 0.2) is 5.78 Å². The fourth-order valence-electron chi connectivity index (χ4n) is 5.13. The van der Waals surface area contributed by atoms with E-state index in [4.69, 9.17) is 17.3 Å². The summed E-state index contributed by atoms with van der Waals surface area (Å²) in [6.07, 6.45) is 5.86. The molecular formula is C25H21ClN4OS. The summed E-state index contributed by atoms with van der Waals surface area (Å²) in [4.78, 5) is 16.3. The summed E-state index contributed by atoms with van der Waals surface area (Å²) >= 11 is 7.67. The molecule has 32 heavy (non-hydrogen) atoms. The minimum atomic E-state index is -0.517. The van der Waals surface area contributed by atoms with Gasteiger partial charge in [-0.25, -0.2) is 0 Å². The predicted molar refractivity (Wildman–Crippen MR) is 125 cm³/mol. The van der Waals surface area contributed by atoms with Crippen molar-refractivity contribution in [2.24, 2.45) is 5.73 Å². The zero-order chi connectivity index (χ0) is 22.4. The SMILES string of the molecule is N#CC1=C(N)N(c2sc3c(c2C#N)CCCC3)C2=C(C(=O)CCC2)C1c1ccc(Cl)cc1. The van der Waals surface area contributed by atoms with E-state index in [0.29, 0.717) is 40.4 Å². The molecule has 2 aromatic rings. The molecule has 1 aromatic heterocycles. The highest BCUT2D eigenvalue weighted by atomic mass is 35.5. The summed E-state index contributed by atoms with van der Waals surface area (Å²) in [5.74, 6) is -0.163. The second-order valence-corrected chi connectivity index (χ2v) is 9.89.